The van der Waals surface area contributed by atoms with E-state index in [0.717, 1.165) is 39.4 Å². The molecule has 0 unspecified atom stereocenters. The van der Waals surface area contributed by atoms with Gasteiger partial charge in [-0.2, -0.15) is 0 Å². The van der Waals surface area contributed by atoms with Crippen molar-refractivity contribution >= 4 is 54.4 Å². The Morgan fingerprint density at radius 1 is 0.211 bits per heavy atom. The maximum absolute atomic E-state index is 4.96. The van der Waals surface area contributed by atoms with E-state index in [-0.39, 0.29) is 0 Å². The van der Waals surface area contributed by atoms with E-state index in [1.54, 1.807) is 0 Å². The molecule has 95 heavy (non-hydrogen) atoms. The number of hydrogen-bond donors (Lipinski definition) is 0. The quantitative estimate of drug-likeness (QED) is 0.144. The van der Waals surface area contributed by atoms with Crippen LogP contribution < -0.4 is 0 Å². The molecule has 20 rings (SSSR count). The number of nitrogens with zero attached hydrogens (tertiary/aromatic N) is 4. The highest BCUT2D eigenvalue weighted by Gasteiger charge is 2.34. The summed E-state index contributed by atoms with van der Waals surface area (Å²) in [4.78, 5) is 9.70. The van der Waals surface area contributed by atoms with E-state index in [1.165, 1.54) is 165 Å². The van der Waals surface area contributed by atoms with Crippen molar-refractivity contribution in [1.29, 1.82) is 0 Å². The molecule has 4 heterocycles. The van der Waals surface area contributed by atoms with Gasteiger partial charge in [-0.05, 0) is 214 Å². The second-order valence-corrected chi connectivity index (χ2v) is 25.6. The van der Waals surface area contributed by atoms with Crippen LogP contribution in [0.5, 0.6) is 0 Å². The van der Waals surface area contributed by atoms with Crippen LogP contribution in [0.1, 0.15) is 5.69 Å². The molecule has 0 radical (unpaired) electrons. The highest BCUT2D eigenvalue weighted by molar-refractivity contribution is 6.31. The van der Waals surface area contributed by atoms with Crippen molar-refractivity contribution in [3.05, 3.63) is 328 Å². The second-order valence-electron chi connectivity index (χ2n) is 25.6. The van der Waals surface area contributed by atoms with E-state index < -0.39 is 0 Å². The van der Waals surface area contributed by atoms with Crippen molar-refractivity contribution in [3.8, 4) is 145 Å². The number of pyridine rings is 2. The predicted octanol–water partition coefficient (Wildman–Crippen LogP) is 24.2. The first kappa shape index (κ1) is 53.2. The maximum atomic E-state index is 4.96. The molecule has 0 fully saturated rings. The van der Waals surface area contributed by atoms with Crippen molar-refractivity contribution in [1.82, 2.24) is 18.8 Å². The fraction of sp³-hybridized carbons (Fsp3) is 0.0110. The van der Waals surface area contributed by atoms with Gasteiger partial charge in [-0.3, -0.25) is 0 Å². The van der Waals surface area contributed by atoms with Gasteiger partial charge in [0.2, 0.25) is 0 Å². The SMILES string of the molecule is Cc1cn2cc(-c3ccc4c5c(cccc35)-c3c-4c(-c4ccc(-c5ccc(-c6c7c(c(-c8ccccc8)c8ccccc68)-c6ccc(-c8cccc(-c9ccc%10nc(-c%11ccccc%11)cn%10c9)c8)c8cccc-7c68)cc5)cc4)c4ccccc4c3-c3ccccc3)ccc2n1. The van der Waals surface area contributed by atoms with E-state index in [1.807, 2.05) is 6.07 Å². The van der Waals surface area contributed by atoms with Crippen molar-refractivity contribution in [2.24, 2.45) is 0 Å². The average molecular weight is 1210 g/mol. The van der Waals surface area contributed by atoms with Crippen LogP contribution in [0.15, 0.2) is 322 Å². The lowest BCUT2D eigenvalue weighted by atomic mass is 9.82. The highest BCUT2D eigenvalue weighted by Crippen LogP contribution is 2.61. The van der Waals surface area contributed by atoms with Crippen LogP contribution in [0.4, 0.5) is 0 Å². The maximum Gasteiger partial charge on any atom is 0.137 e. The average Bonchev–Trinajstić information content (AvgIpc) is 1.56. The molecular formula is C91H56N4. The van der Waals surface area contributed by atoms with Crippen LogP contribution in [0, 0.1) is 6.92 Å². The van der Waals surface area contributed by atoms with E-state index in [0.29, 0.717) is 0 Å². The molecule has 4 nitrogen and oxygen atoms in total. The molecule has 2 aliphatic rings. The predicted molar refractivity (Wildman–Crippen MR) is 396 cm³/mol. The first-order chi connectivity index (χ1) is 47.0. The molecule has 0 saturated heterocycles. The van der Waals surface area contributed by atoms with Gasteiger partial charge in [-0.25, -0.2) is 9.97 Å². The lowest BCUT2D eigenvalue weighted by Gasteiger charge is -2.21. The van der Waals surface area contributed by atoms with Crippen molar-refractivity contribution in [2.75, 3.05) is 0 Å². The summed E-state index contributed by atoms with van der Waals surface area (Å²) in [5, 5.41) is 10.1. The normalized spacial score (nSPS) is 12.1. The lowest BCUT2D eigenvalue weighted by Crippen LogP contribution is -1.94. The Labute approximate surface area is 549 Å². The molecule has 440 valence electrons. The molecule has 2 aliphatic carbocycles. The Morgan fingerprint density at radius 2 is 0.558 bits per heavy atom. The Morgan fingerprint density at radius 3 is 1.07 bits per heavy atom. The molecule has 14 aromatic carbocycles. The number of fused-ring (bicyclic) bond motifs is 10. The van der Waals surface area contributed by atoms with Crippen LogP contribution in [-0.2, 0) is 0 Å². The van der Waals surface area contributed by atoms with Crippen LogP contribution >= 0.6 is 0 Å². The number of hydrogen-bond acceptors (Lipinski definition) is 2. The molecule has 0 aliphatic heterocycles. The Kier molecular flexibility index (Phi) is 11.6. The zero-order chi connectivity index (χ0) is 62.4. The number of rotatable bonds is 9. The van der Waals surface area contributed by atoms with Gasteiger partial charge >= 0.3 is 0 Å². The van der Waals surface area contributed by atoms with E-state index in [9.17, 15) is 0 Å². The van der Waals surface area contributed by atoms with Crippen LogP contribution in [0.25, 0.3) is 199 Å². The Hall–Kier alpha value is -12.5. The highest BCUT2D eigenvalue weighted by atomic mass is 15.0. The van der Waals surface area contributed by atoms with Crippen molar-refractivity contribution in [3.63, 3.8) is 0 Å². The summed E-state index contributed by atoms with van der Waals surface area (Å²) in [6.07, 6.45) is 8.67. The zero-order valence-corrected chi connectivity index (χ0v) is 51.9. The van der Waals surface area contributed by atoms with Gasteiger partial charge in [-0.15, -0.1) is 0 Å². The van der Waals surface area contributed by atoms with E-state index in [4.69, 9.17) is 9.97 Å². The molecule has 0 spiro atoms. The minimum atomic E-state index is 0.926. The third-order valence-corrected chi connectivity index (χ3v) is 20.3. The Balaban J connectivity index is 0.703. The van der Waals surface area contributed by atoms with Gasteiger partial charge in [0, 0.05) is 30.4 Å². The van der Waals surface area contributed by atoms with Crippen LogP contribution in [0.3, 0.4) is 0 Å². The molecule has 18 aromatic rings. The van der Waals surface area contributed by atoms with Gasteiger partial charge < -0.3 is 8.80 Å². The number of aromatic nitrogens is 4. The van der Waals surface area contributed by atoms with Gasteiger partial charge in [0.25, 0.3) is 0 Å². The van der Waals surface area contributed by atoms with Gasteiger partial charge in [0.15, 0.2) is 0 Å². The summed E-state index contributed by atoms with van der Waals surface area (Å²) in [6.45, 7) is 2.05. The molecule has 0 amide bonds. The fourth-order valence-electron chi connectivity index (χ4n) is 16.2. The summed E-state index contributed by atoms with van der Waals surface area (Å²) in [5.41, 5.74) is 34.5. The summed E-state index contributed by atoms with van der Waals surface area (Å²) in [5.74, 6) is 0. The third-order valence-electron chi connectivity index (χ3n) is 20.3. The minimum Gasteiger partial charge on any atom is -0.306 e. The summed E-state index contributed by atoms with van der Waals surface area (Å²) < 4.78 is 4.30. The monoisotopic (exact) mass is 1200 g/mol. The number of aryl methyl sites for hydroxylation is 1. The lowest BCUT2D eigenvalue weighted by molar-refractivity contribution is 1.19. The Bertz CT molecular complexity index is 6230. The van der Waals surface area contributed by atoms with Crippen LogP contribution in [0.2, 0.25) is 0 Å². The minimum absolute atomic E-state index is 0.926. The van der Waals surface area contributed by atoms with E-state index >= 15 is 0 Å². The first-order valence-corrected chi connectivity index (χ1v) is 32.8. The van der Waals surface area contributed by atoms with Gasteiger partial charge in [0.1, 0.15) is 11.3 Å². The first-order valence-electron chi connectivity index (χ1n) is 32.8. The van der Waals surface area contributed by atoms with Crippen molar-refractivity contribution in [2.45, 2.75) is 6.92 Å². The molecule has 0 N–H and O–H groups in total. The smallest absolute Gasteiger partial charge is 0.137 e. The van der Waals surface area contributed by atoms with Crippen LogP contribution in [-0.4, -0.2) is 18.8 Å². The van der Waals surface area contributed by atoms with Gasteiger partial charge in [-0.1, -0.05) is 267 Å². The second kappa shape index (κ2) is 20.8. The molecule has 0 atom stereocenters. The standard InChI is InChI=1S/C91H56N4/c1-55-51-94-53-66(43-49-80(94)92-55)68-45-47-78-87-70(68)31-17-33-76(87)88-82(59-20-7-3-8-21-59)71-26-11-14-29-74(71)85(91(78)88)62-40-36-57(37-41-62)56-34-38-61(39-35-56)84-73-28-13-12-27-72(73)83(60-22-9-4-10-23-60)90-77-46-44-67(69-30-16-32-75(86(69)77)89(84)90)64-25-15-24-63(50-64)65-42-48-81-93-79(54-95(81)52-65)58-18-5-2-6-19-58/h2-54H,1H3. The van der Waals surface area contributed by atoms with E-state index in [2.05, 4.69) is 332 Å². The van der Waals surface area contributed by atoms with Crippen molar-refractivity contribution < 1.29 is 0 Å². The van der Waals surface area contributed by atoms with Gasteiger partial charge in [0.05, 0.1) is 11.4 Å². The zero-order valence-electron chi connectivity index (χ0n) is 51.9. The summed E-state index contributed by atoms with van der Waals surface area (Å²) in [6, 6.07) is 110. The molecular weight excluding hydrogens is 1150 g/mol. The molecule has 0 saturated carbocycles. The summed E-state index contributed by atoms with van der Waals surface area (Å²) in [7, 11) is 0. The third kappa shape index (κ3) is 8.14. The largest absolute Gasteiger partial charge is 0.306 e. The topological polar surface area (TPSA) is 34.6 Å². The molecule has 4 aromatic heterocycles. The number of benzene rings is 14. The molecule has 0 bridgehead atoms. The summed E-state index contributed by atoms with van der Waals surface area (Å²) >= 11 is 0. The molecule has 4 heteroatoms. The number of imidazole rings is 2. The fourth-order valence-corrected chi connectivity index (χ4v) is 16.2.